The van der Waals surface area contributed by atoms with Gasteiger partial charge in [0.05, 0.1) is 5.69 Å². The quantitative estimate of drug-likeness (QED) is 0.434. The number of allylic oxidation sites excluding steroid dienone is 4. The number of carbonyl (C=O) groups is 1. The predicted molar refractivity (Wildman–Crippen MR) is 69.6 cm³/mol. The monoisotopic (exact) mass is 245 g/mol. The molecule has 0 heterocycles. The third-order valence-electron chi connectivity index (χ3n) is 2.95. The molecule has 4 nitrogen and oxygen atoms in total. The van der Waals surface area contributed by atoms with Crippen molar-refractivity contribution >= 4 is 11.7 Å². The van der Waals surface area contributed by atoms with E-state index in [1.807, 2.05) is 0 Å². The van der Waals surface area contributed by atoms with Crippen molar-refractivity contribution in [2.24, 2.45) is 0 Å². The Hall–Kier alpha value is -2.23. The molecule has 2 rings (SSSR count). The van der Waals surface area contributed by atoms with E-state index < -0.39 is 5.97 Å². The Kier molecular flexibility index (Phi) is 3.37. The number of nitrogens with two attached hydrogens (primary N) is 1. The fourth-order valence-electron chi connectivity index (χ4n) is 2.04. The molecule has 94 valence electrons. The van der Waals surface area contributed by atoms with Gasteiger partial charge in [-0.2, -0.15) is 0 Å². The number of benzene rings is 1. The van der Waals surface area contributed by atoms with Gasteiger partial charge in [-0.05, 0) is 37.0 Å². The van der Waals surface area contributed by atoms with Crippen LogP contribution in [0.2, 0.25) is 0 Å². The summed E-state index contributed by atoms with van der Waals surface area (Å²) in [5, 5.41) is 18.5. The smallest absolute Gasteiger partial charge is 0.339 e. The van der Waals surface area contributed by atoms with Crippen LogP contribution < -0.4 is 5.73 Å². The highest BCUT2D eigenvalue weighted by molar-refractivity contribution is 5.93. The average Bonchev–Trinajstić information content (AvgIpc) is 2.34. The predicted octanol–water partition coefficient (Wildman–Crippen LogP) is 2.49. The number of nitrogen functional groups attached to an aromatic ring is 1. The van der Waals surface area contributed by atoms with E-state index in [1.165, 1.54) is 11.6 Å². The van der Waals surface area contributed by atoms with E-state index in [1.54, 1.807) is 6.07 Å². The van der Waals surface area contributed by atoms with Crippen LogP contribution in [0.15, 0.2) is 35.9 Å². The minimum absolute atomic E-state index is 0.108. The lowest BCUT2D eigenvalue weighted by Crippen LogP contribution is -2.02. The fraction of sp³-hybridized carbons (Fsp3) is 0.214. The Morgan fingerprint density at radius 1 is 1.33 bits per heavy atom. The molecule has 4 heteroatoms. The van der Waals surface area contributed by atoms with E-state index in [4.69, 9.17) is 10.8 Å². The lowest BCUT2D eigenvalue weighted by atomic mass is 9.96. The molecule has 4 N–H and O–H groups in total. The van der Waals surface area contributed by atoms with E-state index in [0.717, 1.165) is 18.4 Å². The summed E-state index contributed by atoms with van der Waals surface area (Å²) in [5.41, 5.74) is 7.63. The molecule has 0 bridgehead atoms. The first-order chi connectivity index (χ1) is 8.58. The van der Waals surface area contributed by atoms with Gasteiger partial charge in [0, 0.05) is 0 Å². The molecule has 0 aliphatic heterocycles. The Bertz CT molecular complexity index is 544. The molecule has 0 spiro atoms. The van der Waals surface area contributed by atoms with Crippen molar-refractivity contribution in [2.75, 3.05) is 5.73 Å². The number of carboxylic acid groups (broad SMARTS) is 1. The van der Waals surface area contributed by atoms with Crippen LogP contribution in [-0.2, 0) is 6.42 Å². The maximum atomic E-state index is 11.0. The second kappa shape index (κ2) is 4.96. The van der Waals surface area contributed by atoms with Gasteiger partial charge in [0.2, 0.25) is 0 Å². The molecular weight excluding hydrogens is 230 g/mol. The Balaban J connectivity index is 2.28. The zero-order chi connectivity index (χ0) is 13.1. The van der Waals surface area contributed by atoms with Crippen LogP contribution in [0.25, 0.3) is 0 Å². The number of anilines is 1. The van der Waals surface area contributed by atoms with Crippen LogP contribution in [0.1, 0.15) is 28.8 Å². The summed E-state index contributed by atoms with van der Waals surface area (Å²) in [4.78, 5) is 11.0. The summed E-state index contributed by atoms with van der Waals surface area (Å²) >= 11 is 0. The second-order valence-electron chi connectivity index (χ2n) is 4.34. The van der Waals surface area contributed by atoms with Gasteiger partial charge in [-0.15, -0.1) is 0 Å². The highest BCUT2D eigenvalue weighted by Gasteiger charge is 2.14. The van der Waals surface area contributed by atoms with E-state index in [2.05, 4.69) is 18.2 Å². The van der Waals surface area contributed by atoms with Crippen molar-refractivity contribution in [1.29, 1.82) is 0 Å². The molecule has 1 aromatic carbocycles. The first-order valence-corrected chi connectivity index (χ1v) is 5.75. The van der Waals surface area contributed by atoms with Gasteiger partial charge in [0.25, 0.3) is 0 Å². The lowest BCUT2D eigenvalue weighted by Gasteiger charge is -2.11. The molecule has 1 aromatic rings. The Morgan fingerprint density at radius 2 is 2.11 bits per heavy atom. The van der Waals surface area contributed by atoms with E-state index in [0.29, 0.717) is 6.42 Å². The zero-order valence-electron chi connectivity index (χ0n) is 9.89. The van der Waals surface area contributed by atoms with Gasteiger partial charge in [-0.1, -0.05) is 23.8 Å². The molecule has 0 saturated heterocycles. The molecule has 0 unspecified atom stereocenters. The normalized spacial score (nSPS) is 14.3. The maximum absolute atomic E-state index is 11.0. The zero-order valence-corrected chi connectivity index (χ0v) is 9.89. The maximum Gasteiger partial charge on any atom is 0.339 e. The van der Waals surface area contributed by atoms with Gasteiger partial charge < -0.3 is 15.9 Å². The average molecular weight is 245 g/mol. The van der Waals surface area contributed by atoms with Gasteiger partial charge in [-0.25, -0.2) is 4.79 Å². The number of hydrogen-bond donors (Lipinski definition) is 3. The highest BCUT2D eigenvalue weighted by Crippen LogP contribution is 2.28. The first kappa shape index (κ1) is 12.2. The van der Waals surface area contributed by atoms with E-state index in [-0.39, 0.29) is 17.0 Å². The molecule has 0 fully saturated rings. The van der Waals surface area contributed by atoms with Crippen LogP contribution in [-0.4, -0.2) is 16.2 Å². The van der Waals surface area contributed by atoms with Crippen molar-refractivity contribution in [2.45, 2.75) is 19.3 Å². The van der Waals surface area contributed by atoms with E-state index in [9.17, 15) is 9.90 Å². The van der Waals surface area contributed by atoms with Crippen LogP contribution in [0.5, 0.6) is 5.75 Å². The third-order valence-corrected chi connectivity index (χ3v) is 2.95. The number of aromatic carboxylic acids is 1. The summed E-state index contributed by atoms with van der Waals surface area (Å²) in [6.07, 6.45) is 8.77. The number of carboxylic acids is 1. The van der Waals surface area contributed by atoms with Gasteiger partial charge in [-0.3, -0.25) is 0 Å². The molecular formula is C14H15NO3. The molecule has 0 radical (unpaired) electrons. The summed E-state index contributed by atoms with van der Waals surface area (Å²) in [7, 11) is 0. The molecule has 0 atom stereocenters. The summed E-state index contributed by atoms with van der Waals surface area (Å²) in [6.45, 7) is 0. The standard InChI is InChI=1S/C14H15NO3/c15-12-8-10(6-9-4-2-1-3-5-9)7-11(13(12)16)14(17)18/h1-2,5,7-8,16H,3-4,6,15H2,(H,17,18). The van der Waals surface area contributed by atoms with Crippen LogP contribution in [0, 0.1) is 0 Å². The Labute approximate surface area is 105 Å². The number of aromatic hydroxyl groups is 1. The molecule has 0 amide bonds. The molecule has 1 aliphatic rings. The fourth-order valence-corrected chi connectivity index (χ4v) is 2.04. The minimum atomic E-state index is -1.17. The van der Waals surface area contributed by atoms with Crippen molar-refractivity contribution < 1.29 is 15.0 Å². The lowest BCUT2D eigenvalue weighted by molar-refractivity contribution is 0.0693. The summed E-state index contributed by atoms with van der Waals surface area (Å²) in [6, 6.07) is 3.11. The van der Waals surface area contributed by atoms with Crippen molar-refractivity contribution in [3.63, 3.8) is 0 Å². The minimum Gasteiger partial charge on any atom is -0.505 e. The summed E-state index contributed by atoms with van der Waals surface area (Å²) < 4.78 is 0. The highest BCUT2D eigenvalue weighted by atomic mass is 16.4. The molecule has 18 heavy (non-hydrogen) atoms. The third kappa shape index (κ3) is 2.53. The van der Waals surface area contributed by atoms with Gasteiger partial charge >= 0.3 is 5.97 Å². The number of rotatable bonds is 3. The van der Waals surface area contributed by atoms with Crippen molar-refractivity contribution in [1.82, 2.24) is 0 Å². The topological polar surface area (TPSA) is 83.6 Å². The van der Waals surface area contributed by atoms with Crippen LogP contribution >= 0.6 is 0 Å². The second-order valence-corrected chi connectivity index (χ2v) is 4.34. The molecule has 0 aromatic heterocycles. The van der Waals surface area contributed by atoms with Crippen molar-refractivity contribution in [3.8, 4) is 5.75 Å². The van der Waals surface area contributed by atoms with Gasteiger partial charge in [0.15, 0.2) is 5.75 Å². The van der Waals surface area contributed by atoms with Crippen LogP contribution in [0.4, 0.5) is 5.69 Å². The van der Waals surface area contributed by atoms with Crippen LogP contribution in [0.3, 0.4) is 0 Å². The van der Waals surface area contributed by atoms with Gasteiger partial charge in [0.1, 0.15) is 5.56 Å². The largest absolute Gasteiger partial charge is 0.505 e. The Morgan fingerprint density at radius 3 is 2.72 bits per heavy atom. The van der Waals surface area contributed by atoms with E-state index >= 15 is 0 Å². The first-order valence-electron chi connectivity index (χ1n) is 5.75. The summed E-state index contributed by atoms with van der Waals surface area (Å²) in [5.74, 6) is -1.53. The number of hydrogen-bond acceptors (Lipinski definition) is 3. The van der Waals surface area contributed by atoms with Crippen molar-refractivity contribution in [3.05, 3.63) is 47.1 Å². The molecule has 1 aliphatic carbocycles. The SMILES string of the molecule is Nc1cc(CC2=CCC=CC2)cc(C(=O)O)c1O. The number of phenols is 1. The molecule has 0 saturated carbocycles.